The van der Waals surface area contributed by atoms with E-state index in [0.29, 0.717) is 23.9 Å². The number of cyclic esters (lactones) is 1. The van der Waals surface area contributed by atoms with Gasteiger partial charge < -0.3 is 10.5 Å². The summed E-state index contributed by atoms with van der Waals surface area (Å²) in [7, 11) is 0. The van der Waals surface area contributed by atoms with E-state index in [1.54, 1.807) is 0 Å². The predicted octanol–water partition coefficient (Wildman–Crippen LogP) is 0.936. The van der Waals surface area contributed by atoms with Crippen molar-refractivity contribution < 1.29 is 9.53 Å². The van der Waals surface area contributed by atoms with Crippen LogP contribution < -0.4 is 5.73 Å². The van der Waals surface area contributed by atoms with Gasteiger partial charge in [-0.1, -0.05) is 26.1 Å². The number of carbonyl (C=O) groups excluding carboxylic acids is 1. The van der Waals surface area contributed by atoms with Gasteiger partial charge in [-0.3, -0.25) is 9.69 Å². The molecule has 4 nitrogen and oxygen atoms in total. The topological polar surface area (TPSA) is 55.6 Å². The van der Waals surface area contributed by atoms with Crippen LogP contribution in [0.1, 0.15) is 26.7 Å². The van der Waals surface area contributed by atoms with Crippen LogP contribution in [0.3, 0.4) is 0 Å². The number of esters is 1. The van der Waals surface area contributed by atoms with Crippen LogP contribution in [0.15, 0.2) is 0 Å². The zero-order chi connectivity index (χ0) is 12.1. The Kier molecular flexibility index (Phi) is 5.15. The minimum Gasteiger partial charge on any atom is -0.464 e. The van der Waals surface area contributed by atoms with Gasteiger partial charge in [0.15, 0.2) is 0 Å². The zero-order valence-corrected chi connectivity index (χ0v) is 10.8. The molecule has 1 heterocycles. The van der Waals surface area contributed by atoms with Crippen LogP contribution in [-0.4, -0.2) is 41.6 Å². The fraction of sp³-hybridized carbons (Fsp3) is 0.818. The van der Waals surface area contributed by atoms with Gasteiger partial charge in [-0.15, -0.1) is 0 Å². The van der Waals surface area contributed by atoms with Gasteiger partial charge in [0.25, 0.3) is 0 Å². The standard InChI is InChI=1S/C11H20N2O2S/c1-8(2)7-13(5-3-10(12)16)9-4-6-15-11(9)14/h8-9H,3-7H2,1-2H3,(H2,12,16). The van der Waals surface area contributed by atoms with Gasteiger partial charge >= 0.3 is 5.97 Å². The Morgan fingerprint density at radius 3 is 2.81 bits per heavy atom. The van der Waals surface area contributed by atoms with E-state index in [2.05, 4.69) is 18.7 Å². The third-order valence-corrected chi connectivity index (χ3v) is 2.80. The molecule has 2 N–H and O–H groups in total. The monoisotopic (exact) mass is 244 g/mol. The van der Waals surface area contributed by atoms with Crippen LogP contribution in [-0.2, 0) is 9.53 Å². The molecular formula is C11H20N2O2S. The molecule has 0 saturated carbocycles. The second-order valence-corrected chi connectivity index (χ2v) is 5.10. The van der Waals surface area contributed by atoms with E-state index >= 15 is 0 Å². The van der Waals surface area contributed by atoms with Crippen LogP contribution in [0, 0.1) is 5.92 Å². The molecule has 1 saturated heterocycles. The summed E-state index contributed by atoms with van der Waals surface area (Å²) in [6.45, 7) is 6.42. The van der Waals surface area contributed by atoms with Gasteiger partial charge in [0.2, 0.25) is 0 Å². The zero-order valence-electron chi connectivity index (χ0n) is 9.94. The van der Waals surface area contributed by atoms with E-state index < -0.39 is 0 Å². The van der Waals surface area contributed by atoms with E-state index in [1.807, 2.05) is 0 Å². The molecule has 0 aromatic heterocycles. The molecule has 0 radical (unpaired) electrons. The first-order valence-electron chi connectivity index (χ1n) is 5.69. The number of rotatable bonds is 6. The molecule has 0 aromatic carbocycles. The molecule has 16 heavy (non-hydrogen) atoms. The number of ether oxygens (including phenoxy) is 1. The third kappa shape index (κ3) is 4.06. The van der Waals surface area contributed by atoms with Crippen molar-refractivity contribution in [2.24, 2.45) is 11.7 Å². The maximum atomic E-state index is 11.5. The Bertz CT molecular complexity index is 269. The predicted molar refractivity (Wildman–Crippen MR) is 67.2 cm³/mol. The Balaban J connectivity index is 2.55. The summed E-state index contributed by atoms with van der Waals surface area (Å²) in [6.07, 6.45) is 1.44. The van der Waals surface area contributed by atoms with E-state index in [4.69, 9.17) is 22.7 Å². The highest BCUT2D eigenvalue weighted by molar-refractivity contribution is 7.80. The lowest BCUT2D eigenvalue weighted by molar-refractivity contribution is -0.142. The highest BCUT2D eigenvalue weighted by atomic mass is 32.1. The smallest absolute Gasteiger partial charge is 0.323 e. The maximum absolute atomic E-state index is 11.5. The number of nitrogens with two attached hydrogens (primary N) is 1. The summed E-state index contributed by atoms with van der Waals surface area (Å²) < 4.78 is 4.99. The second kappa shape index (κ2) is 6.15. The normalized spacial score (nSPS) is 20.5. The van der Waals surface area contributed by atoms with Crippen molar-refractivity contribution in [2.75, 3.05) is 19.7 Å². The average molecular weight is 244 g/mol. The Morgan fingerprint density at radius 1 is 1.69 bits per heavy atom. The fourth-order valence-corrected chi connectivity index (χ4v) is 2.01. The summed E-state index contributed by atoms with van der Waals surface area (Å²) in [5, 5.41) is 0. The molecule has 1 unspecified atom stereocenters. The molecule has 1 aliphatic rings. The Hall–Kier alpha value is -0.680. The van der Waals surface area contributed by atoms with Gasteiger partial charge in [-0.25, -0.2) is 0 Å². The van der Waals surface area contributed by atoms with Crippen molar-refractivity contribution in [3.05, 3.63) is 0 Å². The largest absolute Gasteiger partial charge is 0.464 e. The molecule has 1 aliphatic heterocycles. The number of hydrogen-bond acceptors (Lipinski definition) is 4. The molecule has 0 aliphatic carbocycles. The van der Waals surface area contributed by atoms with E-state index in [-0.39, 0.29) is 12.0 Å². The van der Waals surface area contributed by atoms with Crippen LogP contribution in [0.2, 0.25) is 0 Å². The molecule has 5 heteroatoms. The third-order valence-electron chi connectivity index (χ3n) is 2.59. The van der Waals surface area contributed by atoms with Crippen LogP contribution in [0.25, 0.3) is 0 Å². The van der Waals surface area contributed by atoms with Crippen LogP contribution >= 0.6 is 12.2 Å². The minimum atomic E-state index is -0.108. The molecule has 1 fully saturated rings. The molecule has 1 rings (SSSR count). The highest BCUT2D eigenvalue weighted by Gasteiger charge is 2.32. The first-order valence-corrected chi connectivity index (χ1v) is 6.10. The van der Waals surface area contributed by atoms with Crippen molar-refractivity contribution in [1.29, 1.82) is 0 Å². The van der Waals surface area contributed by atoms with Crippen molar-refractivity contribution >= 4 is 23.2 Å². The number of hydrogen-bond donors (Lipinski definition) is 1. The van der Waals surface area contributed by atoms with Gasteiger partial charge in [-0.05, 0) is 5.92 Å². The molecule has 0 aromatic rings. The Labute approximate surface area is 102 Å². The summed E-state index contributed by atoms with van der Waals surface area (Å²) in [5.74, 6) is 0.406. The Morgan fingerprint density at radius 2 is 2.38 bits per heavy atom. The lowest BCUT2D eigenvalue weighted by atomic mass is 10.1. The van der Waals surface area contributed by atoms with Crippen molar-refractivity contribution in [2.45, 2.75) is 32.7 Å². The molecule has 0 spiro atoms. The summed E-state index contributed by atoms with van der Waals surface area (Å²) in [4.78, 5) is 14.2. The maximum Gasteiger partial charge on any atom is 0.323 e. The lowest BCUT2D eigenvalue weighted by Gasteiger charge is -2.27. The fourth-order valence-electron chi connectivity index (χ4n) is 1.91. The first kappa shape index (κ1) is 13.4. The molecule has 1 atom stereocenters. The highest BCUT2D eigenvalue weighted by Crippen LogP contribution is 2.16. The van der Waals surface area contributed by atoms with Crippen molar-refractivity contribution in [1.82, 2.24) is 4.90 Å². The average Bonchev–Trinajstić information content (AvgIpc) is 2.58. The van der Waals surface area contributed by atoms with Crippen LogP contribution in [0.4, 0.5) is 0 Å². The molecule has 0 bridgehead atoms. The number of thiocarbonyl (C=S) groups is 1. The van der Waals surface area contributed by atoms with Crippen molar-refractivity contribution in [3.63, 3.8) is 0 Å². The van der Waals surface area contributed by atoms with E-state index in [1.165, 1.54) is 0 Å². The lowest BCUT2D eigenvalue weighted by Crippen LogP contribution is -2.42. The quantitative estimate of drug-likeness (QED) is 0.556. The molecule has 0 amide bonds. The van der Waals surface area contributed by atoms with E-state index in [9.17, 15) is 4.79 Å². The molecular weight excluding hydrogens is 224 g/mol. The summed E-state index contributed by atoms with van der Waals surface area (Å²) in [6, 6.07) is -0.100. The second-order valence-electron chi connectivity index (χ2n) is 4.58. The van der Waals surface area contributed by atoms with E-state index in [0.717, 1.165) is 19.5 Å². The van der Waals surface area contributed by atoms with Gasteiger partial charge in [0, 0.05) is 25.9 Å². The van der Waals surface area contributed by atoms with Gasteiger partial charge in [0.1, 0.15) is 6.04 Å². The van der Waals surface area contributed by atoms with Crippen molar-refractivity contribution in [3.8, 4) is 0 Å². The molecule has 92 valence electrons. The minimum absolute atomic E-state index is 0.100. The summed E-state index contributed by atoms with van der Waals surface area (Å²) >= 11 is 4.87. The van der Waals surface area contributed by atoms with Gasteiger partial charge in [-0.2, -0.15) is 0 Å². The van der Waals surface area contributed by atoms with Crippen LogP contribution in [0.5, 0.6) is 0 Å². The number of carbonyl (C=O) groups is 1. The summed E-state index contributed by atoms with van der Waals surface area (Å²) in [5.41, 5.74) is 5.49. The van der Waals surface area contributed by atoms with Gasteiger partial charge in [0.05, 0.1) is 11.6 Å². The number of nitrogens with zero attached hydrogens (tertiary/aromatic N) is 1. The first-order chi connectivity index (χ1) is 7.50. The SMILES string of the molecule is CC(C)CN(CCC(N)=S)C1CCOC1=O.